The Morgan fingerprint density at radius 3 is 2.38 bits per heavy atom. The third-order valence-electron chi connectivity index (χ3n) is 5.11. The summed E-state index contributed by atoms with van der Waals surface area (Å²) in [6.45, 7) is 4.46. The molecule has 6 nitrogen and oxygen atoms in total. The van der Waals surface area contributed by atoms with E-state index in [1.807, 2.05) is 46.1 Å². The lowest BCUT2D eigenvalue weighted by Gasteiger charge is -2.27. The summed E-state index contributed by atoms with van der Waals surface area (Å²) in [5, 5.41) is 5.73. The Morgan fingerprint density at radius 2 is 1.76 bits per heavy atom. The molecule has 0 saturated heterocycles. The number of ether oxygens (including phenoxy) is 1. The molecular weight excluding hydrogens is 366 g/mol. The molecular formula is C23H31N3O3. The number of nitrogens with one attached hydrogen (secondary N) is 2. The number of hydrogen-bond acceptors (Lipinski definition) is 4. The normalized spacial score (nSPS) is 11.8. The minimum atomic E-state index is -0.179. The van der Waals surface area contributed by atoms with Crippen molar-refractivity contribution in [1.82, 2.24) is 15.5 Å². The summed E-state index contributed by atoms with van der Waals surface area (Å²) >= 11 is 0. The molecule has 2 rings (SSSR count). The van der Waals surface area contributed by atoms with Crippen molar-refractivity contribution in [2.24, 2.45) is 0 Å². The summed E-state index contributed by atoms with van der Waals surface area (Å²) in [5.74, 6) is 0.270. The molecule has 2 amide bonds. The van der Waals surface area contributed by atoms with Gasteiger partial charge in [-0.15, -0.1) is 0 Å². The number of rotatable bonds is 8. The van der Waals surface area contributed by atoms with E-state index in [2.05, 4.69) is 21.6 Å². The molecule has 1 unspecified atom stereocenters. The Kier molecular flexibility index (Phi) is 7.79. The summed E-state index contributed by atoms with van der Waals surface area (Å²) < 4.78 is 5.28. The van der Waals surface area contributed by atoms with Gasteiger partial charge < -0.3 is 20.3 Å². The number of amides is 2. The van der Waals surface area contributed by atoms with Crippen LogP contribution in [0, 0.1) is 13.8 Å². The highest BCUT2D eigenvalue weighted by atomic mass is 16.5. The number of likely N-dealkylation sites (N-methyl/N-ethyl adjacent to an activating group) is 1. The van der Waals surface area contributed by atoms with Crippen molar-refractivity contribution in [1.29, 1.82) is 0 Å². The molecule has 0 aromatic heterocycles. The summed E-state index contributed by atoms with van der Waals surface area (Å²) in [6, 6.07) is 11.2. The lowest BCUT2D eigenvalue weighted by atomic mass is 9.92. The standard InChI is InChI=1S/C23H31N3O3/c1-15-11-16(2)19(20(12-15)22(27)24-3)13-17(26(4)5)14-25-23(28)18-9-7-8-10-21(18)29-6/h7-12,17H,13-14H2,1-6H3,(H,24,27)(H,25,28). The van der Waals surface area contributed by atoms with Crippen LogP contribution in [-0.4, -0.2) is 57.6 Å². The number of para-hydroxylation sites is 1. The summed E-state index contributed by atoms with van der Waals surface area (Å²) in [5.41, 5.74) is 4.32. The number of aryl methyl sites for hydroxylation is 2. The Bertz CT molecular complexity index is 878. The lowest BCUT2D eigenvalue weighted by Crippen LogP contribution is -2.42. The van der Waals surface area contributed by atoms with Crippen LogP contribution in [-0.2, 0) is 6.42 Å². The van der Waals surface area contributed by atoms with Crippen molar-refractivity contribution in [2.45, 2.75) is 26.3 Å². The van der Waals surface area contributed by atoms with Gasteiger partial charge in [-0.2, -0.15) is 0 Å². The molecule has 6 heteroatoms. The fourth-order valence-corrected chi connectivity index (χ4v) is 3.42. The van der Waals surface area contributed by atoms with E-state index in [0.717, 1.165) is 16.7 Å². The van der Waals surface area contributed by atoms with Crippen LogP contribution in [0.15, 0.2) is 36.4 Å². The van der Waals surface area contributed by atoms with E-state index in [9.17, 15) is 9.59 Å². The van der Waals surface area contributed by atoms with Crippen LogP contribution in [0.25, 0.3) is 0 Å². The highest BCUT2D eigenvalue weighted by Crippen LogP contribution is 2.21. The van der Waals surface area contributed by atoms with Gasteiger partial charge in [0.15, 0.2) is 0 Å². The Hall–Kier alpha value is -2.86. The van der Waals surface area contributed by atoms with Gasteiger partial charge in [-0.1, -0.05) is 23.8 Å². The van der Waals surface area contributed by atoms with Gasteiger partial charge in [-0.05, 0) is 63.7 Å². The van der Waals surface area contributed by atoms with Crippen LogP contribution in [0.4, 0.5) is 0 Å². The van der Waals surface area contributed by atoms with Gasteiger partial charge in [-0.3, -0.25) is 9.59 Å². The second-order valence-corrected chi connectivity index (χ2v) is 7.42. The van der Waals surface area contributed by atoms with Crippen LogP contribution in [0.3, 0.4) is 0 Å². The van der Waals surface area contributed by atoms with E-state index < -0.39 is 0 Å². The third kappa shape index (κ3) is 5.57. The maximum Gasteiger partial charge on any atom is 0.255 e. The van der Waals surface area contributed by atoms with E-state index in [0.29, 0.717) is 29.8 Å². The van der Waals surface area contributed by atoms with Gasteiger partial charge in [0.2, 0.25) is 0 Å². The Morgan fingerprint density at radius 1 is 1.07 bits per heavy atom. The molecule has 0 aliphatic heterocycles. The first-order chi connectivity index (χ1) is 13.8. The second kappa shape index (κ2) is 10.1. The number of nitrogens with zero attached hydrogens (tertiary/aromatic N) is 1. The molecule has 2 aromatic carbocycles. The second-order valence-electron chi connectivity index (χ2n) is 7.42. The zero-order valence-electron chi connectivity index (χ0n) is 18.1. The summed E-state index contributed by atoms with van der Waals surface area (Å²) in [7, 11) is 7.14. The van der Waals surface area contributed by atoms with E-state index in [1.165, 1.54) is 0 Å². The maximum atomic E-state index is 12.7. The number of carbonyl (C=O) groups is 2. The number of carbonyl (C=O) groups excluding carboxylic acids is 2. The zero-order valence-corrected chi connectivity index (χ0v) is 18.1. The van der Waals surface area contributed by atoms with Crippen molar-refractivity contribution in [3.63, 3.8) is 0 Å². The fourth-order valence-electron chi connectivity index (χ4n) is 3.42. The molecule has 0 fully saturated rings. The Balaban J connectivity index is 2.22. The first-order valence-electron chi connectivity index (χ1n) is 9.68. The molecule has 29 heavy (non-hydrogen) atoms. The SMILES string of the molecule is CNC(=O)c1cc(C)cc(C)c1CC(CNC(=O)c1ccccc1OC)N(C)C. The molecule has 0 aliphatic rings. The van der Waals surface area contributed by atoms with Gasteiger partial charge in [-0.25, -0.2) is 0 Å². The van der Waals surface area contributed by atoms with Crippen molar-refractivity contribution in [3.05, 3.63) is 64.2 Å². The van der Waals surface area contributed by atoms with E-state index in [1.54, 1.807) is 26.3 Å². The molecule has 2 aromatic rings. The van der Waals surface area contributed by atoms with Crippen LogP contribution in [0.5, 0.6) is 5.75 Å². The average molecular weight is 398 g/mol. The molecule has 156 valence electrons. The van der Waals surface area contributed by atoms with Gasteiger partial charge in [0.1, 0.15) is 5.75 Å². The summed E-state index contributed by atoms with van der Waals surface area (Å²) in [6.07, 6.45) is 0.647. The highest BCUT2D eigenvalue weighted by molar-refractivity contribution is 5.97. The van der Waals surface area contributed by atoms with Crippen molar-refractivity contribution in [3.8, 4) is 5.75 Å². The average Bonchev–Trinajstić information content (AvgIpc) is 2.70. The molecule has 0 heterocycles. The molecule has 0 bridgehead atoms. The lowest BCUT2D eigenvalue weighted by molar-refractivity contribution is 0.0933. The first-order valence-corrected chi connectivity index (χ1v) is 9.68. The molecule has 0 spiro atoms. The molecule has 2 N–H and O–H groups in total. The maximum absolute atomic E-state index is 12.7. The molecule has 0 radical (unpaired) electrons. The smallest absolute Gasteiger partial charge is 0.255 e. The van der Waals surface area contributed by atoms with Crippen LogP contribution in [0.1, 0.15) is 37.4 Å². The van der Waals surface area contributed by atoms with Crippen molar-refractivity contribution in [2.75, 3.05) is 34.8 Å². The molecule has 1 atom stereocenters. The monoisotopic (exact) mass is 397 g/mol. The largest absolute Gasteiger partial charge is 0.496 e. The van der Waals surface area contributed by atoms with Gasteiger partial charge >= 0.3 is 0 Å². The minimum Gasteiger partial charge on any atom is -0.496 e. The predicted molar refractivity (Wildman–Crippen MR) is 116 cm³/mol. The van der Waals surface area contributed by atoms with Crippen LogP contribution in [0.2, 0.25) is 0 Å². The number of benzene rings is 2. The predicted octanol–water partition coefficient (Wildman–Crippen LogP) is 2.57. The van der Waals surface area contributed by atoms with E-state index in [4.69, 9.17) is 4.74 Å². The molecule has 0 aliphatic carbocycles. The number of methoxy groups -OCH3 is 1. The zero-order chi connectivity index (χ0) is 21.6. The van der Waals surface area contributed by atoms with Crippen LogP contribution < -0.4 is 15.4 Å². The van der Waals surface area contributed by atoms with E-state index >= 15 is 0 Å². The van der Waals surface area contributed by atoms with Crippen molar-refractivity contribution < 1.29 is 14.3 Å². The van der Waals surface area contributed by atoms with Gasteiger partial charge in [0.25, 0.3) is 11.8 Å². The quantitative estimate of drug-likeness (QED) is 0.718. The Labute approximate surface area is 173 Å². The van der Waals surface area contributed by atoms with Gasteiger partial charge in [0, 0.05) is 25.2 Å². The van der Waals surface area contributed by atoms with Crippen molar-refractivity contribution >= 4 is 11.8 Å². The molecule has 0 saturated carbocycles. The fraction of sp³-hybridized carbons (Fsp3) is 0.391. The number of hydrogen-bond donors (Lipinski definition) is 2. The highest BCUT2D eigenvalue weighted by Gasteiger charge is 2.21. The van der Waals surface area contributed by atoms with E-state index in [-0.39, 0.29) is 17.9 Å². The minimum absolute atomic E-state index is 0.0264. The van der Waals surface area contributed by atoms with Gasteiger partial charge in [0.05, 0.1) is 12.7 Å². The van der Waals surface area contributed by atoms with Crippen LogP contribution >= 0.6 is 0 Å². The summed E-state index contributed by atoms with van der Waals surface area (Å²) in [4.78, 5) is 27.1. The first kappa shape index (κ1) is 22.4. The topological polar surface area (TPSA) is 70.7 Å². The third-order valence-corrected chi connectivity index (χ3v) is 5.11.